The van der Waals surface area contributed by atoms with Gasteiger partial charge < -0.3 is 18.0 Å². The quantitative estimate of drug-likeness (QED) is 0.209. The minimum absolute atomic E-state index is 0.298. The molecule has 0 saturated carbocycles. The summed E-state index contributed by atoms with van der Waals surface area (Å²) >= 11 is 0. The molecule has 3 aromatic rings. The van der Waals surface area contributed by atoms with Gasteiger partial charge in [0.15, 0.2) is 0 Å². The topological polar surface area (TPSA) is 36.9 Å². The van der Waals surface area contributed by atoms with Crippen molar-refractivity contribution >= 4 is 27.7 Å². The Morgan fingerprint density at radius 2 is 1.31 bits per heavy atom. The van der Waals surface area contributed by atoms with Crippen LogP contribution in [0.15, 0.2) is 66.7 Å². The maximum absolute atomic E-state index is 6.14. The van der Waals surface area contributed by atoms with Crippen LogP contribution in [0.2, 0.25) is 25.2 Å². The van der Waals surface area contributed by atoms with Gasteiger partial charge in [0.05, 0.1) is 15.2 Å². The summed E-state index contributed by atoms with van der Waals surface area (Å²) in [5.41, 5.74) is 2.98. The van der Waals surface area contributed by atoms with Crippen LogP contribution in [0.4, 0.5) is 0 Å². The summed E-state index contributed by atoms with van der Waals surface area (Å²) in [6.07, 6.45) is 1.03. The molecule has 0 N–H and O–H groups in total. The van der Waals surface area contributed by atoms with Gasteiger partial charge in [0.1, 0.15) is 5.75 Å². The van der Waals surface area contributed by atoms with Crippen LogP contribution in [0, 0.1) is 0 Å². The molecule has 0 radical (unpaired) electrons. The van der Waals surface area contributed by atoms with Crippen molar-refractivity contribution in [1.82, 2.24) is 0 Å². The summed E-state index contributed by atoms with van der Waals surface area (Å²) in [5, 5.41) is 2.53. The number of hydrogen-bond donors (Lipinski definition) is 0. The van der Waals surface area contributed by atoms with Crippen LogP contribution in [0.1, 0.15) is 43.9 Å². The first kappa shape index (κ1) is 27.6. The van der Waals surface area contributed by atoms with E-state index in [2.05, 4.69) is 79.8 Å². The van der Waals surface area contributed by atoms with E-state index in [-0.39, 0.29) is 0 Å². The van der Waals surface area contributed by atoms with Crippen LogP contribution in [-0.2, 0) is 13.3 Å². The summed E-state index contributed by atoms with van der Waals surface area (Å²) in [4.78, 5) is 0. The van der Waals surface area contributed by atoms with Crippen LogP contribution in [0.25, 0.3) is 10.8 Å². The predicted molar refractivity (Wildman–Crippen MR) is 151 cm³/mol. The van der Waals surface area contributed by atoms with Crippen LogP contribution < -0.4 is 4.74 Å². The Hall–Kier alpha value is -1.97. The molecule has 6 heteroatoms. The molecule has 0 saturated heterocycles. The van der Waals surface area contributed by atoms with Crippen molar-refractivity contribution in [2.75, 3.05) is 26.9 Å². The number of ether oxygens (including phenoxy) is 1. The molecule has 1 unspecified atom stereocenters. The number of methoxy groups -OCH3 is 1. The fourth-order valence-electron chi connectivity index (χ4n) is 5.31. The molecule has 3 rings (SSSR count). The Morgan fingerprint density at radius 3 is 1.91 bits per heavy atom. The lowest BCUT2D eigenvalue weighted by molar-refractivity contribution is 0.0711. The monoisotopic (exact) mass is 510 g/mol. The standard InChI is InChI=1S/C29H42O4Si2/c1-7-31-35(32-8-2,33-9-3)23-15-22-34(5,6)29(25-17-11-10-12-18-25)28-26-19-14-13-16-24(26)20-21-27(28)30-4/h10-14,16-21,29H,7-9,15,22-23H2,1-6H3. The van der Waals surface area contributed by atoms with Gasteiger partial charge in [-0.2, -0.15) is 0 Å². The van der Waals surface area contributed by atoms with E-state index in [4.69, 9.17) is 18.0 Å². The fourth-order valence-corrected chi connectivity index (χ4v) is 11.8. The third kappa shape index (κ3) is 6.63. The average molecular weight is 511 g/mol. The molecule has 190 valence electrons. The molecule has 0 amide bonds. The molecule has 35 heavy (non-hydrogen) atoms. The van der Waals surface area contributed by atoms with Gasteiger partial charge in [0, 0.05) is 37.0 Å². The zero-order valence-corrected chi connectivity index (χ0v) is 24.3. The summed E-state index contributed by atoms with van der Waals surface area (Å²) < 4.78 is 24.4. The maximum Gasteiger partial charge on any atom is 0.500 e. The van der Waals surface area contributed by atoms with Crippen molar-refractivity contribution in [2.45, 2.75) is 57.9 Å². The van der Waals surface area contributed by atoms with Gasteiger partial charge in [-0.25, -0.2) is 0 Å². The van der Waals surface area contributed by atoms with Crippen molar-refractivity contribution in [1.29, 1.82) is 0 Å². The van der Waals surface area contributed by atoms with Gasteiger partial charge in [0.25, 0.3) is 0 Å². The van der Waals surface area contributed by atoms with Gasteiger partial charge in [-0.15, -0.1) is 0 Å². The smallest absolute Gasteiger partial charge is 0.496 e. The SMILES string of the molecule is CCO[Si](CCC[Si](C)(C)C(c1ccccc1)c1c(OC)ccc2ccccc12)(OCC)OCC. The zero-order chi connectivity index (χ0) is 25.3. The van der Waals surface area contributed by atoms with Crippen LogP contribution >= 0.6 is 0 Å². The first-order valence-corrected chi connectivity index (χ1v) is 18.2. The molecular weight excluding hydrogens is 468 g/mol. The molecule has 0 aliphatic heterocycles. The Labute approximate surface area is 214 Å². The summed E-state index contributed by atoms with van der Waals surface area (Å²) in [5.74, 6) is 0.972. The molecule has 0 aliphatic carbocycles. The van der Waals surface area contributed by atoms with E-state index >= 15 is 0 Å². The molecule has 0 aromatic heterocycles. The second-order valence-electron chi connectivity index (χ2n) is 9.57. The first-order chi connectivity index (χ1) is 16.9. The summed E-state index contributed by atoms with van der Waals surface area (Å²) in [6.45, 7) is 12.9. The van der Waals surface area contributed by atoms with E-state index in [0.29, 0.717) is 25.4 Å². The normalized spacial score (nSPS) is 13.2. The minimum atomic E-state index is -2.65. The average Bonchev–Trinajstić information content (AvgIpc) is 2.85. The molecule has 0 spiro atoms. The van der Waals surface area contributed by atoms with E-state index < -0.39 is 16.9 Å². The van der Waals surface area contributed by atoms with Crippen molar-refractivity contribution in [3.05, 3.63) is 77.9 Å². The third-order valence-electron chi connectivity index (χ3n) is 6.75. The highest BCUT2D eigenvalue weighted by Gasteiger charge is 2.42. The molecule has 0 aliphatic rings. The molecule has 0 bridgehead atoms. The molecular formula is C29H42O4Si2. The second-order valence-corrected chi connectivity index (χ2v) is 17.4. The van der Waals surface area contributed by atoms with Gasteiger partial charge in [-0.1, -0.05) is 86.2 Å². The lowest BCUT2D eigenvalue weighted by atomic mass is 9.96. The van der Waals surface area contributed by atoms with Gasteiger partial charge in [-0.05, 0) is 43.2 Å². The molecule has 3 aromatic carbocycles. The highest BCUT2D eigenvalue weighted by Crippen LogP contribution is 2.44. The number of rotatable bonds is 14. The first-order valence-electron chi connectivity index (χ1n) is 12.9. The van der Waals surface area contributed by atoms with Gasteiger partial charge in [-0.3, -0.25) is 0 Å². The van der Waals surface area contributed by atoms with E-state index in [9.17, 15) is 0 Å². The van der Waals surface area contributed by atoms with Crippen molar-refractivity contribution < 1.29 is 18.0 Å². The van der Waals surface area contributed by atoms with Crippen molar-refractivity contribution in [2.24, 2.45) is 0 Å². The lowest BCUT2D eigenvalue weighted by Gasteiger charge is -2.36. The molecule has 0 fully saturated rings. The van der Waals surface area contributed by atoms with Crippen molar-refractivity contribution in [3.8, 4) is 5.75 Å². The minimum Gasteiger partial charge on any atom is -0.496 e. The lowest BCUT2D eigenvalue weighted by Crippen LogP contribution is -2.46. The Morgan fingerprint density at radius 1 is 0.714 bits per heavy atom. The Balaban J connectivity index is 2.01. The second kappa shape index (κ2) is 12.8. The summed E-state index contributed by atoms with van der Waals surface area (Å²) in [7, 11) is -2.74. The van der Waals surface area contributed by atoms with E-state index in [1.54, 1.807) is 7.11 Å². The Bertz CT molecular complexity index is 1040. The highest BCUT2D eigenvalue weighted by atomic mass is 28.4. The fraction of sp³-hybridized carbons (Fsp3) is 0.448. The summed E-state index contributed by atoms with van der Waals surface area (Å²) in [6, 6.07) is 25.9. The number of hydrogen-bond acceptors (Lipinski definition) is 4. The van der Waals surface area contributed by atoms with E-state index in [0.717, 1.165) is 24.3 Å². The van der Waals surface area contributed by atoms with Gasteiger partial charge >= 0.3 is 8.80 Å². The van der Waals surface area contributed by atoms with Crippen LogP contribution in [0.3, 0.4) is 0 Å². The molecule has 0 heterocycles. The number of benzene rings is 3. The van der Waals surface area contributed by atoms with E-state index in [1.807, 2.05) is 20.8 Å². The van der Waals surface area contributed by atoms with Crippen LogP contribution in [-0.4, -0.2) is 43.8 Å². The maximum atomic E-state index is 6.14. The largest absolute Gasteiger partial charge is 0.500 e. The molecule has 1 atom stereocenters. The Kier molecular flexibility index (Phi) is 10.1. The highest BCUT2D eigenvalue weighted by molar-refractivity contribution is 6.79. The predicted octanol–water partition coefficient (Wildman–Crippen LogP) is 7.67. The molecule has 4 nitrogen and oxygen atoms in total. The third-order valence-corrected chi connectivity index (χ3v) is 13.7. The zero-order valence-electron chi connectivity index (χ0n) is 22.3. The number of fused-ring (bicyclic) bond motifs is 1. The van der Waals surface area contributed by atoms with Crippen LogP contribution in [0.5, 0.6) is 5.75 Å². The van der Waals surface area contributed by atoms with Crippen molar-refractivity contribution in [3.63, 3.8) is 0 Å². The van der Waals surface area contributed by atoms with Gasteiger partial charge in [0.2, 0.25) is 0 Å². The van der Waals surface area contributed by atoms with E-state index in [1.165, 1.54) is 21.9 Å².